The van der Waals surface area contributed by atoms with Crippen LogP contribution in [0.1, 0.15) is 49.4 Å². The second-order valence-electron chi connectivity index (χ2n) is 4.66. The number of thiazole rings is 1. The molecule has 1 aromatic heterocycles. The number of aromatic nitrogens is 1. The number of nitrogens with zero attached hydrogens (tertiary/aromatic N) is 2. The first-order valence-corrected chi connectivity index (χ1v) is 7.06. The Morgan fingerprint density at radius 2 is 2.06 bits per heavy atom. The standard InChI is InChI=1S/C12H21N3S/c1-10(13)12-14-11(9-16-12)8-15-6-4-2-3-5-7-15/h9-10H,2-8,13H2,1H3. The van der Waals surface area contributed by atoms with Gasteiger partial charge in [-0.2, -0.15) is 0 Å². The van der Waals surface area contributed by atoms with Gasteiger partial charge in [-0.25, -0.2) is 4.98 Å². The predicted molar refractivity (Wildman–Crippen MR) is 68.5 cm³/mol. The molecule has 1 aromatic rings. The number of likely N-dealkylation sites (tertiary alicyclic amines) is 1. The lowest BCUT2D eigenvalue weighted by Crippen LogP contribution is -2.24. The highest BCUT2D eigenvalue weighted by molar-refractivity contribution is 7.09. The summed E-state index contributed by atoms with van der Waals surface area (Å²) in [4.78, 5) is 7.11. The Kier molecular flexibility index (Phi) is 4.32. The van der Waals surface area contributed by atoms with Gasteiger partial charge in [0.15, 0.2) is 0 Å². The van der Waals surface area contributed by atoms with E-state index in [1.165, 1.54) is 44.5 Å². The predicted octanol–water partition coefficient (Wildman–Crippen LogP) is 2.54. The fraction of sp³-hybridized carbons (Fsp3) is 0.750. The van der Waals surface area contributed by atoms with Crippen LogP contribution in [0, 0.1) is 0 Å². The quantitative estimate of drug-likeness (QED) is 0.881. The first kappa shape index (κ1) is 12.0. The molecule has 1 atom stereocenters. The van der Waals surface area contributed by atoms with Crippen LogP contribution in [-0.4, -0.2) is 23.0 Å². The van der Waals surface area contributed by atoms with Crippen LogP contribution in [0.15, 0.2) is 5.38 Å². The Bertz CT molecular complexity index is 314. The molecule has 1 fully saturated rings. The molecule has 4 heteroatoms. The van der Waals surface area contributed by atoms with Crippen LogP contribution in [-0.2, 0) is 6.54 Å². The van der Waals surface area contributed by atoms with E-state index in [1.54, 1.807) is 11.3 Å². The molecule has 0 aromatic carbocycles. The van der Waals surface area contributed by atoms with Gasteiger partial charge in [0.2, 0.25) is 0 Å². The largest absolute Gasteiger partial charge is 0.322 e. The van der Waals surface area contributed by atoms with Crippen molar-refractivity contribution in [3.8, 4) is 0 Å². The maximum atomic E-state index is 5.82. The molecule has 0 aliphatic carbocycles. The normalized spacial score (nSPS) is 20.6. The van der Waals surface area contributed by atoms with E-state index < -0.39 is 0 Å². The van der Waals surface area contributed by atoms with E-state index >= 15 is 0 Å². The Morgan fingerprint density at radius 3 is 2.62 bits per heavy atom. The molecule has 1 unspecified atom stereocenters. The summed E-state index contributed by atoms with van der Waals surface area (Å²) in [6.07, 6.45) is 5.45. The molecule has 2 rings (SSSR count). The van der Waals surface area contributed by atoms with Crippen LogP contribution in [0.3, 0.4) is 0 Å². The Balaban J connectivity index is 1.91. The van der Waals surface area contributed by atoms with Crippen molar-refractivity contribution in [1.29, 1.82) is 0 Å². The fourth-order valence-corrected chi connectivity index (χ4v) is 2.90. The van der Waals surface area contributed by atoms with Gasteiger partial charge in [0.25, 0.3) is 0 Å². The third-order valence-electron chi connectivity index (χ3n) is 3.04. The van der Waals surface area contributed by atoms with Crippen molar-refractivity contribution in [3.63, 3.8) is 0 Å². The van der Waals surface area contributed by atoms with E-state index in [0.717, 1.165) is 11.6 Å². The van der Waals surface area contributed by atoms with Crippen LogP contribution in [0.4, 0.5) is 0 Å². The zero-order valence-corrected chi connectivity index (χ0v) is 10.8. The Hall–Kier alpha value is -0.450. The second kappa shape index (κ2) is 5.75. The number of hydrogen-bond acceptors (Lipinski definition) is 4. The van der Waals surface area contributed by atoms with E-state index in [0.29, 0.717) is 0 Å². The van der Waals surface area contributed by atoms with Crippen molar-refractivity contribution in [3.05, 3.63) is 16.1 Å². The van der Waals surface area contributed by atoms with E-state index in [2.05, 4.69) is 15.3 Å². The molecule has 0 saturated carbocycles. The Labute approximate surface area is 102 Å². The average molecular weight is 239 g/mol. The summed E-state index contributed by atoms with van der Waals surface area (Å²) in [5.41, 5.74) is 7.01. The lowest BCUT2D eigenvalue weighted by Gasteiger charge is -2.18. The summed E-state index contributed by atoms with van der Waals surface area (Å²) < 4.78 is 0. The molecule has 16 heavy (non-hydrogen) atoms. The van der Waals surface area contributed by atoms with Crippen molar-refractivity contribution in [2.75, 3.05) is 13.1 Å². The highest BCUT2D eigenvalue weighted by Gasteiger charge is 2.12. The molecule has 1 aliphatic rings. The van der Waals surface area contributed by atoms with Crippen molar-refractivity contribution < 1.29 is 0 Å². The Morgan fingerprint density at radius 1 is 1.38 bits per heavy atom. The molecule has 0 amide bonds. The molecule has 2 heterocycles. The lowest BCUT2D eigenvalue weighted by atomic mass is 10.2. The summed E-state index contributed by atoms with van der Waals surface area (Å²) in [6, 6.07) is 0.0721. The molecule has 90 valence electrons. The summed E-state index contributed by atoms with van der Waals surface area (Å²) in [5.74, 6) is 0. The smallest absolute Gasteiger partial charge is 0.109 e. The van der Waals surface area contributed by atoms with Gasteiger partial charge in [-0.3, -0.25) is 4.90 Å². The van der Waals surface area contributed by atoms with Gasteiger partial charge in [-0.05, 0) is 32.9 Å². The number of rotatable bonds is 3. The van der Waals surface area contributed by atoms with Gasteiger partial charge in [0, 0.05) is 11.9 Å². The second-order valence-corrected chi connectivity index (χ2v) is 5.55. The molecular weight excluding hydrogens is 218 g/mol. The monoisotopic (exact) mass is 239 g/mol. The topological polar surface area (TPSA) is 42.1 Å². The van der Waals surface area contributed by atoms with E-state index in [1.807, 2.05) is 6.92 Å². The molecule has 1 aliphatic heterocycles. The molecule has 1 saturated heterocycles. The van der Waals surface area contributed by atoms with Gasteiger partial charge in [-0.15, -0.1) is 11.3 Å². The number of nitrogens with two attached hydrogens (primary N) is 1. The van der Waals surface area contributed by atoms with E-state index in [-0.39, 0.29) is 6.04 Å². The molecule has 0 spiro atoms. The summed E-state index contributed by atoms with van der Waals surface area (Å²) in [6.45, 7) is 5.45. The van der Waals surface area contributed by atoms with Crippen molar-refractivity contribution in [1.82, 2.24) is 9.88 Å². The first-order valence-electron chi connectivity index (χ1n) is 6.18. The zero-order valence-electron chi connectivity index (χ0n) is 9.98. The van der Waals surface area contributed by atoms with Gasteiger partial charge >= 0.3 is 0 Å². The first-order chi connectivity index (χ1) is 7.75. The molecule has 2 N–H and O–H groups in total. The van der Waals surface area contributed by atoms with Crippen LogP contribution in [0.25, 0.3) is 0 Å². The fourth-order valence-electron chi connectivity index (χ4n) is 2.13. The van der Waals surface area contributed by atoms with Crippen molar-refractivity contribution in [2.45, 2.75) is 45.2 Å². The summed E-state index contributed by atoms with van der Waals surface area (Å²) in [5, 5.41) is 3.22. The summed E-state index contributed by atoms with van der Waals surface area (Å²) >= 11 is 1.69. The molecule has 0 radical (unpaired) electrons. The van der Waals surface area contributed by atoms with Gasteiger partial charge in [0.1, 0.15) is 5.01 Å². The minimum Gasteiger partial charge on any atom is -0.322 e. The highest BCUT2D eigenvalue weighted by Crippen LogP contribution is 2.18. The van der Waals surface area contributed by atoms with Gasteiger partial charge in [-0.1, -0.05) is 12.8 Å². The van der Waals surface area contributed by atoms with E-state index in [4.69, 9.17) is 5.73 Å². The minimum absolute atomic E-state index is 0.0721. The van der Waals surface area contributed by atoms with Crippen molar-refractivity contribution >= 4 is 11.3 Å². The minimum atomic E-state index is 0.0721. The maximum absolute atomic E-state index is 5.82. The molecular formula is C12H21N3S. The van der Waals surface area contributed by atoms with Crippen LogP contribution in [0.2, 0.25) is 0 Å². The van der Waals surface area contributed by atoms with Crippen LogP contribution in [0.5, 0.6) is 0 Å². The third kappa shape index (κ3) is 3.27. The van der Waals surface area contributed by atoms with Crippen LogP contribution >= 0.6 is 11.3 Å². The zero-order chi connectivity index (χ0) is 11.4. The van der Waals surface area contributed by atoms with Crippen molar-refractivity contribution in [2.24, 2.45) is 5.73 Å². The van der Waals surface area contributed by atoms with E-state index in [9.17, 15) is 0 Å². The van der Waals surface area contributed by atoms with Gasteiger partial charge in [0.05, 0.1) is 11.7 Å². The number of hydrogen-bond donors (Lipinski definition) is 1. The summed E-state index contributed by atoms with van der Waals surface area (Å²) in [7, 11) is 0. The molecule has 3 nitrogen and oxygen atoms in total. The molecule has 0 bridgehead atoms. The average Bonchev–Trinajstić information content (AvgIpc) is 2.56. The maximum Gasteiger partial charge on any atom is 0.109 e. The highest BCUT2D eigenvalue weighted by atomic mass is 32.1. The SMILES string of the molecule is CC(N)c1nc(CN2CCCCCC2)cs1. The van der Waals surface area contributed by atoms with Gasteiger partial charge < -0.3 is 5.73 Å². The van der Waals surface area contributed by atoms with Crippen LogP contribution < -0.4 is 5.73 Å². The lowest BCUT2D eigenvalue weighted by molar-refractivity contribution is 0.274. The third-order valence-corrected chi connectivity index (χ3v) is 4.14.